The maximum atomic E-state index is 12.9. The Balaban J connectivity index is 1.73. The largest absolute Gasteiger partial charge is 0.478 e. The molecule has 1 amide bonds. The number of aromatic carboxylic acids is 1. The van der Waals surface area contributed by atoms with Crippen molar-refractivity contribution in [2.24, 2.45) is 19.2 Å². The van der Waals surface area contributed by atoms with Crippen LogP contribution in [0.2, 0.25) is 0 Å². The van der Waals surface area contributed by atoms with Crippen molar-refractivity contribution >= 4 is 40.4 Å². The minimum Gasteiger partial charge on any atom is -0.478 e. The van der Waals surface area contributed by atoms with Gasteiger partial charge in [0.05, 0.1) is 33.6 Å². The Labute approximate surface area is 165 Å². The van der Waals surface area contributed by atoms with Gasteiger partial charge in [0.25, 0.3) is 5.91 Å². The van der Waals surface area contributed by atoms with Crippen molar-refractivity contribution in [3.05, 3.63) is 69.6 Å². The summed E-state index contributed by atoms with van der Waals surface area (Å²) in [6.07, 6.45) is 1.72. The number of rotatable bonds is 3. The van der Waals surface area contributed by atoms with E-state index in [1.807, 2.05) is 18.2 Å². The molecule has 146 valence electrons. The van der Waals surface area contributed by atoms with Crippen LogP contribution in [0.5, 0.6) is 0 Å². The Morgan fingerprint density at radius 1 is 1.03 bits per heavy atom. The van der Waals surface area contributed by atoms with Gasteiger partial charge in [-0.15, -0.1) is 0 Å². The Hall–Kier alpha value is -3.94. The first-order valence-electron chi connectivity index (χ1n) is 8.88. The highest BCUT2D eigenvalue weighted by Gasteiger charge is 2.29. The molecule has 1 aliphatic heterocycles. The van der Waals surface area contributed by atoms with Crippen molar-refractivity contribution < 1.29 is 14.7 Å². The molecule has 0 bridgehead atoms. The van der Waals surface area contributed by atoms with E-state index in [2.05, 4.69) is 5.10 Å². The summed E-state index contributed by atoms with van der Waals surface area (Å²) >= 11 is 0. The lowest BCUT2D eigenvalue weighted by atomic mass is 10.1. The number of carboxylic acids is 1. The molecule has 4 rings (SSSR count). The Bertz CT molecular complexity index is 1310. The van der Waals surface area contributed by atoms with Crippen LogP contribution in [0.25, 0.3) is 17.1 Å². The van der Waals surface area contributed by atoms with Gasteiger partial charge in [-0.25, -0.2) is 9.59 Å². The number of imidazole rings is 1. The van der Waals surface area contributed by atoms with E-state index in [4.69, 9.17) is 0 Å². The fourth-order valence-electron chi connectivity index (χ4n) is 3.41. The standard InChI is InChI=1S/C21H18N4O4/c1-12-16(9-13-7-8-17-18(10-13)24(3)21(29)23(17)2)19(26)25(22-12)15-6-4-5-14(11-15)20(27)28/h4-11H,1-3H3,(H,27,28). The van der Waals surface area contributed by atoms with Crippen LogP contribution < -0.4 is 10.7 Å². The molecule has 3 aromatic rings. The topological polar surface area (TPSA) is 96.9 Å². The molecule has 0 saturated carbocycles. The van der Waals surface area contributed by atoms with E-state index < -0.39 is 5.97 Å². The SMILES string of the molecule is CC1=NN(c2cccc(C(=O)O)c2)C(=O)C1=Cc1ccc2c(c1)n(C)c(=O)n2C. The summed E-state index contributed by atoms with van der Waals surface area (Å²) in [4.78, 5) is 36.2. The van der Waals surface area contributed by atoms with Gasteiger partial charge in [-0.3, -0.25) is 13.9 Å². The van der Waals surface area contributed by atoms with Gasteiger partial charge in [0, 0.05) is 14.1 Å². The summed E-state index contributed by atoms with van der Waals surface area (Å²) in [6.45, 7) is 1.72. The number of hydrogen-bond acceptors (Lipinski definition) is 4. The summed E-state index contributed by atoms with van der Waals surface area (Å²) in [5.41, 5.74) is 3.60. The van der Waals surface area contributed by atoms with E-state index in [9.17, 15) is 19.5 Å². The first kappa shape index (κ1) is 18.4. The fraction of sp³-hybridized carbons (Fsp3) is 0.143. The molecule has 0 unspecified atom stereocenters. The lowest BCUT2D eigenvalue weighted by Crippen LogP contribution is -2.21. The van der Waals surface area contributed by atoms with Crippen LogP contribution in [-0.2, 0) is 18.9 Å². The molecule has 0 radical (unpaired) electrons. The van der Waals surface area contributed by atoms with Crippen LogP contribution in [0.15, 0.2) is 57.9 Å². The summed E-state index contributed by atoms with van der Waals surface area (Å²) in [5, 5.41) is 14.7. The normalized spacial score (nSPS) is 15.4. The van der Waals surface area contributed by atoms with Crippen LogP contribution in [0.1, 0.15) is 22.8 Å². The number of carboxylic acid groups (broad SMARTS) is 1. The first-order valence-corrected chi connectivity index (χ1v) is 8.88. The molecule has 0 atom stereocenters. The molecule has 1 aliphatic rings. The second-order valence-electron chi connectivity index (χ2n) is 6.86. The number of amides is 1. The van der Waals surface area contributed by atoms with Gasteiger partial charge in [-0.05, 0) is 48.9 Å². The number of nitrogens with zero attached hydrogens (tertiary/aromatic N) is 4. The molecule has 8 nitrogen and oxygen atoms in total. The van der Waals surface area contributed by atoms with Crippen LogP contribution >= 0.6 is 0 Å². The van der Waals surface area contributed by atoms with Gasteiger partial charge in [-0.2, -0.15) is 10.1 Å². The number of benzene rings is 2. The lowest BCUT2D eigenvalue weighted by Gasteiger charge is -2.12. The number of aryl methyl sites for hydroxylation is 2. The van der Waals surface area contributed by atoms with Gasteiger partial charge < -0.3 is 5.11 Å². The molecule has 29 heavy (non-hydrogen) atoms. The van der Waals surface area contributed by atoms with Crippen LogP contribution in [0.3, 0.4) is 0 Å². The number of fused-ring (bicyclic) bond motifs is 1. The zero-order valence-electron chi connectivity index (χ0n) is 16.1. The molecular weight excluding hydrogens is 372 g/mol. The van der Waals surface area contributed by atoms with E-state index >= 15 is 0 Å². The van der Waals surface area contributed by atoms with Crippen molar-refractivity contribution in [1.29, 1.82) is 0 Å². The van der Waals surface area contributed by atoms with E-state index in [1.165, 1.54) is 17.1 Å². The van der Waals surface area contributed by atoms with E-state index in [0.29, 0.717) is 17.0 Å². The number of carbonyl (C=O) groups excluding carboxylic acids is 1. The molecule has 0 fully saturated rings. The highest BCUT2D eigenvalue weighted by molar-refractivity contribution is 6.32. The fourth-order valence-corrected chi connectivity index (χ4v) is 3.41. The maximum Gasteiger partial charge on any atom is 0.335 e. The van der Waals surface area contributed by atoms with E-state index in [1.54, 1.807) is 48.4 Å². The third-order valence-electron chi connectivity index (χ3n) is 5.01. The average molecular weight is 390 g/mol. The molecule has 0 aliphatic carbocycles. The quantitative estimate of drug-likeness (QED) is 0.695. The van der Waals surface area contributed by atoms with E-state index in [-0.39, 0.29) is 17.2 Å². The smallest absolute Gasteiger partial charge is 0.335 e. The number of anilines is 1. The monoisotopic (exact) mass is 390 g/mol. The zero-order valence-corrected chi connectivity index (χ0v) is 16.1. The van der Waals surface area contributed by atoms with Gasteiger partial charge in [0.15, 0.2) is 0 Å². The van der Waals surface area contributed by atoms with Gasteiger partial charge in [0.1, 0.15) is 0 Å². The Kier molecular flexibility index (Phi) is 4.19. The van der Waals surface area contributed by atoms with Gasteiger partial charge in [0.2, 0.25) is 0 Å². The minimum absolute atomic E-state index is 0.0797. The molecule has 8 heteroatoms. The lowest BCUT2D eigenvalue weighted by molar-refractivity contribution is -0.114. The molecule has 1 aromatic heterocycles. The molecule has 0 saturated heterocycles. The third-order valence-corrected chi connectivity index (χ3v) is 5.01. The summed E-state index contributed by atoms with van der Waals surface area (Å²) in [6, 6.07) is 11.6. The highest BCUT2D eigenvalue weighted by atomic mass is 16.4. The van der Waals surface area contributed by atoms with Crippen LogP contribution in [-0.4, -0.2) is 31.8 Å². The maximum absolute atomic E-state index is 12.9. The number of hydrogen-bond donors (Lipinski definition) is 1. The predicted molar refractivity (Wildman–Crippen MR) is 110 cm³/mol. The van der Waals surface area contributed by atoms with Crippen molar-refractivity contribution in [3.63, 3.8) is 0 Å². The summed E-state index contributed by atoms with van der Waals surface area (Å²) in [5.74, 6) is -1.41. The average Bonchev–Trinajstić information content (AvgIpc) is 3.11. The summed E-state index contributed by atoms with van der Waals surface area (Å²) in [7, 11) is 3.41. The first-order chi connectivity index (χ1) is 13.8. The molecule has 1 N–H and O–H groups in total. The predicted octanol–water partition coefficient (Wildman–Crippen LogP) is 2.38. The zero-order chi connectivity index (χ0) is 20.9. The van der Waals surface area contributed by atoms with Gasteiger partial charge in [-0.1, -0.05) is 12.1 Å². The highest BCUT2D eigenvalue weighted by Crippen LogP contribution is 2.26. The van der Waals surface area contributed by atoms with Crippen molar-refractivity contribution in [3.8, 4) is 0 Å². The van der Waals surface area contributed by atoms with Crippen LogP contribution in [0, 0.1) is 0 Å². The Morgan fingerprint density at radius 3 is 2.48 bits per heavy atom. The third kappa shape index (κ3) is 2.94. The minimum atomic E-state index is -1.07. The van der Waals surface area contributed by atoms with Crippen molar-refractivity contribution in [2.45, 2.75) is 6.92 Å². The molecule has 0 spiro atoms. The molecule has 2 aromatic carbocycles. The van der Waals surface area contributed by atoms with Crippen LogP contribution in [0.4, 0.5) is 5.69 Å². The van der Waals surface area contributed by atoms with E-state index in [0.717, 1.165) is 16.6 Å². The summed E-state index contributed by atoms with van der Waals surface area (Å²) < 4.78 is 3.12. The number of hydrazone groups is 1. The van der Waals surface area contributed by atoms with Gasteiger partial charge >= 0.3 is 11.7 Å². The second kappa shape index (κ2) is 6.59. The number of carbonyl (C=O) groups is 2. The van der Waals surface area contributed by atoms with Crippen molar-refractivity contribution in [1.82, 2.24) is 9.13 Å². The van der Waals surface area contributed by atoms with Crippen molar-refractivity contribution in [2.75, 3.05) is 5.01 Å². The Morgan fingerprint density at radius 2 is 1.76 bits per heavy atom. The number of aromatic nitrogens is 2. The molecule has 2 heterocycles. The second-order valence-corrected chi connectivity index (χ2v) is 6.86. The molecular formula is C21H18N4O4.